The zero-order valence-electron chi connectivity index (χ0n) is 10.3. The molecule has 0 N–H and O–H groups in total. The van der Waals surface area contributed by atoms with Crippen LogP contribution in [0.5, 0.6) is 0 Å². The van der Waals surface area contributed by atoms with Gasteiger partial charge in [0.05, 0.1) is 8.61 Å². The molecule has 4 saturated carbocycles. The maximum absolute atomic E-state index is 4.04. The number of hydrogen-bond donors (Lipinski definition) is 0. The maximum atomic E-state index is 4.04. The van der Waals surface area contributed by atoms with E-state index in [2.05, 4.69) is 44.0 Å². The van der Waals surface area contributed by atoms with Gasteiger partial charge in [0.25, 0.3) is 0 Å². The molecule has 4 fully saturated rings. The lowest BCUT2D eigenvalue weighted by Gasteiger charge is -2.55. The first kappa shape index (κ1) is 12.4. The van der Waals surface area contributed by atoms with E-state index in [1.54, 1.807) is 6.42 Å². The van der Waals surface area contributed by atoms with Crippen LogP contribution in [-0.4, -0.2) is 0 Å². The molecule has 4 aliphatic rings. The minimum Gasteiger partial charge on any atom is -0.132 e. The Kier molecular flexibility index (Phi) is 3.17. The van der Waals surface area contributed by atoms with Crippen LogP contribution in [0, 0.1) is 29.6 Å². The second-order valence-electron chi connectivity index (χ2n) is 6.55. The number of hydrogen-bond acceptors (Lipinski definition) is 1. The Morgan fingerprint density at radius 3 is 2.11 bits per heavy atom. The molecule has 0 amide bonds. The second-order valence-corrected chi connectivity index (χ2v) is 10.0. The smallest absolute Gasteiger partial charge is 0.0701 e. The summed E-state index contributed by atoms with van der Waals surface area (Å²) in [7, 11) is 0. The van der Waals surface area contributed by atoms with Crippen molar-refractivity contribution < 1.29 is 0 Å². The topological polar surface area (TPSA) is 0 Å². The minimum atomic E-state index is 0.601. The van der Waals surface area contributed by atoms with Crippen LogP contribution in [0.15, 0.2) is 15.9 Å². The number of thiophene rings is 1. The molecule has 1 aromatic heterocycles. The van der Waals surface area contributed by atoms with E-state index in [4.69, 9.17) is 0 Å². The molecule has 0 spiro atoms. The molecule has 0 radical (unpaired) electrons. The summed E-state index contributed by atoms with van der Waals surface area (Å²) in [6.45, 7) is 0. The first-order chi connectivity index (χ1) is 8.70. The summed E-state index contributed by atoms with van der Waals surface area (Å²) < 4.78 is 1.27. The van der Waals surface area contributed by atoms with Gasteiger partial charge in [-0.05, 0) is 89.8 Å². The average molecular weight is 390 g/mol. The fourth-order valence-electron chi connectivity index (χ4n) is 5.11. The summed E-state index contributed by atoms with van der Waals surface area (Å²) in [6.07, 6.45) is 7.63. The van der Waals surface area contributed by atoms with Crippen LogP contribution in [0.3, 0.4) is 0 Å². The monoisotopic (exact) mass is 388 g/mol. The Morgan fingerprint density at radius 2 is 1.61 bits per heavy atom. The van der Waals surface area contributed by atoms with Gasteiger partial charge in [0, 0.05) is 4.88 Å². The highest BCUT2D eigenvalue weighted by molar-refractivity contribution is 9.11. The van der Waals surface area contributed by atoms with E-state index in [0.717, 1.165) is 29.6 Å². The number of rotatable bonds is 2. The molecule has 1 atom stereocenters. The van der Waals surface area contributed by atoms with Crippen molar-refractivity contribution in [1.29, 1.82) is 0 Å². The van der Waals surface area contributed by atoms with Gasteiger partial charge in [-0.1, -0.05) is 15.9 Å². The van der Waals surface area contributed by atoms with Gasteiger partial charge >= 0.3 is 0 Å². The van der Waals surface area contributed by atoms with Crippen LogP contribution < -0.4 is 0 Å². The zero-order chi connectivity index (χ0) is 12.3. The minimum absolute atomic E-state index is 0.601. The highest BCUT2D eigenvalue weighted by Crippen LogP contribution is 2.61. The van der Waals surface area contributed by atoms with Crippen molar-refractivity contribution in [3.05, 3.63) is 20.8 Å². The van der Waals surface area contributed by atoms with Gasteiger partial charge in [0.2, 0.25) is 0 Å². The molecule has 0 nitrogen and oxygen atoms in total. The summed E-state index contributed by atoms with van der Waals surface area (Å²) in [5.41, 5.74) is 0. The quantitative estimate of drug-likeness (QED) is 0.542. The van der Waals surface area contributed by atoms with Crippen LogP contribution >= 0.6 is 43.2 Å². The predicted octanol–water partition coefficient (Wildman–Crippen LogP) is 6.02. The van der Waals surface area contributed by atoms with E-state index < -0.39 is 0 Å². The molecule has 0 aliphatic heterocycles. The average Bonchev–Trinajstić information content (AvgIpc) is 2.74. The van der Waals surface area contributed by atoms with E-state index in [1.165, 1.54) is 34.3 Å². The molecule has 1 unspecified atom stereocenters. The summed E-state index contributed by atoms with van der Waals surface area (Å²) in [6, 6.07) is 4.50. The Labute approximate surface area is 130 Å². The van der Waals surface area contributed by atoms with Crippen molar-refractivity contribution in [3.8, 4) is 0 Å². The fourth-order valence-corrected chi connectivity index (χ4v) is 7.87. The standard InChI is InChI=1S/C15H18Br2S/c16-13-2-1-12(18-13)15(17)14-10-4-8-3-9(6-10)7-11(14)5-8/h1-2,8-11,14-15H,3-7H2. The highest BCUT2D eigenvalue weighted by atomic mass is 79.9. The molecule has 5 rings (SSSR count). The SMILES string of the molecule is Brc1ccc(C(Br)C2C3CC4CC(C3)CC2C4)s1. The first-order valence-corrected chi connectivity index (χ1v) is 9.62. The van der Waals surface area contributed by atoms with Crippen LogP contribution in [0.1, 0.15) is 41.8 Å². The van der Waals surface area contributed by atoms with Crippen LogP contribution in [0.4, 0.5) is 0 Å². The summed E-state index contributed by atoms with van der Waals surface area (Å²) in [5, 5.41) is 0. The van der Waals surface area contributed by atoms with E-state index in [0.29, 0.717) is 4.83 Å². The van der Waals surface area contributed by atoms with Gasteiger partial charge in [-0.3, -0.25) is 0 Å². The predicted molar refractivity (Wildman–Crippen MR) is 84.2 cm³/mol. The molecule has 98 valence electrons. The van der Waals surface area contributed by atoms with Crippen molar-refractivity contribution in [2.45, 2.75) is 36.9 Å². The van der Waals surface area contributed by atoms with Crippen molar-refractivity contribution in [1.82, 2.24) is 0 Å². The van der Waals surface area contributed by atoms with E-state index in [1.807, 2.05) is 11.3 Å². The second kappa shape index (κ2) is 4.60. The van der Waals surface area contributed by atoms with Crippen molar-refractivity contribution in [2.24, 2.45) is 29.6 Å². The Bertz CT molecular complexity index is 425. The Morgan fingerprint density at radius 1 is 1.00 bits per heavy atom. The molecule has 1 aromatic rings. The maximum Gasteiger partial charge on any atom is 0.0701 e. The van der Waals surface area contributed by atoms with Gasteiger partial charge in [-0.15, -0.1) is 11.3 Å². The van der Waals surface area contributed by atoms with Gasteiger partial charge in [0.1, 0.15) is 0 Å². The Balaban J connectivity index is 1.61. The van der Waals surface area contributed by atoms with Crippen molar-refractivity contribution in [2.75, 3.05) is 0 Å². The van der Waals surface area contributed by atoms with Crippen molar-refractivity contribution >= 4 is 43.2 Å². The summed E-state index contributed by atoms with van der Waals surface area (Å²) in [4.78, 5) is 2.13. The summed E-state index contributed by atoms with van der Waals surface area (Å²) in [5.74, 6) is 5.08. The zero-order valence-corrected chi connectivity index (χ0v) is 14.3. The van der Waals surface area contributed by atoms with E-state index in [9.17, 15) is 0 Å². The first-order valence-electron chi connectivity index (χ1n) is 7.10. The lowest BCUT2D eigenvalue weighted by Crippen LogP contribution is -2.46. The molecule has 4 bridgehead atoms. The van der Waals surface area contributed by atoms with E-state index in [-0.39, 0.29) is 0 Å². The lowest BCUT2D eigenvalue weighted by molar-refractivity contribution is -0.0361. The van der Waals surface area contributed by atoms with Crippen LogP contribution in [0.25, 0.3) is 0 Å². The van der Waals surface area contributed by atoms with Gasteiger partial charge in [0.15, 0.2) is 0 Å². The molecular formula is C15H18Br2S. The molecule has 0 aromatic carbocycles. The third-order valence-electron chi connectivity index (χ3n) is 5.50. The summed E-state index contributed by atoms with van der Waals surface area (Å²) >= 11 is 9.55. The van der Waals surface area contributed by atoms with Gasteiger partial charge in [-0.25, -0.2) is 0 Å². The van der Waals surface area contributed by atoms with Crippen molar-refractivity contribution in [3.63, 3.8) is 0 Å². The van der Waals surface area contributed by atoms with Crippen LogP contribution in [0.2, 0.25) is 0 Å². The molecule has 3 heteroatoms. The number of alkyl halides is 1. The normalized spacial score (nSPS) is 43.3. The third kappa shape index (κ3) is 1.96. The number of halogens is 2. The molecule has 4 aliphatic carbocycles. The Hall–Kier alpha value is 0.660. The molecule has 0 saturated heterocycles. The largest absolute Gasteiger partial charge is 0.132 e. The molecule has 1 heterocycles. The van der Waals surface area contributed by atoms with E-state index >= 15 is 0 Å². The molecular weight excluding hydrogens is 372 g/mol. The highest BCUT2D eigenvalue weighted by Gasteiger charge is 2.50. The third-order valence-corrected chi connectivity index (χ3v) is 8.62. The molecule has 18 heavy (non-hydrogen) atoms. The van der Waals surface area contributed by atoms with Gasteiger partial charge < -0.3 is 0 Å². The fraction of sp³-hybridized carbons (Fsp3) is 0.733. The lowest BCUT2D eigenvalue weighted by atomic mass is 9.51. The van der Waals surface area contributed by atoms with Crippen LogP contribution in [-0.2, 0) is 0 Å². The van der Waals surface area contributed by atoms with Gasteiger partial charge in [-0.2, -0.15) is 0 Å².